The fraction of sp³-hybridized carbons (Fsp3) is 0.500. The fourth-order valence-corrected chi connectivity index (χ4v) is 4.89. The van der Waals surface area contributed by atoms with Gasteiger partial charge in [-0.15, -0.1) is 0 Å². The zero-order valence-electron chi connectivity index (χ0n) is 25.3. The molecule has 39 heavy (non-hydrogen) atoms. The Morgan fingerprint density at radius 3 is 2.18 bits per heavy atom. The quantitative estimate of drug-likeness (QED) is 0.139. The van der Waals surface area contributed by atoms with E-state index in [1.165, 1.54) is 11.1 Å². The molecule has 0 heterocycles. The molecule has 0 aliphatic heterocycles. The molecule has 1 amide bonds. The van der Waals surface area contributed by atoms with E-state index in [-0.39, 0.29) is 16.5 Å². The van der Waals surface area contributed by atoms with Gasteiger partial charge >= 0.3 is 5.91 Å². The van der Waals surface area contributed by atoms with Crippen molar-refractivity contribution in [3.8, 4) is 0 Å². The number of allylic oxidation sites excluding steroid dienone is 2. The van der Waals surface area contributed by atoms with E-state index in [1.54, 1.807) is 0 Å². The smallest absolute Gasteiger partial charge is 0.387 e. The SMILES string of the molecule is CC/C=C/C(NCCN(CC)CCC(C)(C)C)=C(/OC1Cc2ccccc2C1)C(=O)[N+](C)(C)c1ccccc1. The molecule has 0 unspecified atom stereocenters. The van der Waals surface area contributed by atoms with Crippen LogP contribution in [0.3, 0.4) is 0 Å². The second kappa shape index (κ2) is 14.0. The minimum atomic E-state index is -0.0668. The lowest BCUT2D eigenvalue weighted by Crippen LogP contribution is -2.49. The van der Waals surface area contributed by atoms with Crippen molar-refractivity contribution in [3.63, 3.8) is 0 Å². The van der Waals surface area contributed by atoms with Crippen molar-refractivity contribution in [3.05, 3.63) is 89.3 Å². The molecule has 0 fully saturated rings. The number of likely N-dealkylation sites (N-methyl/N-ethyl adjacent to an activating group) is 2. The molecule has 0 bridgehead atoms. The monoisotopic (exact) mass is 532 g/mol. The van der Waals surface area contributed by atoms with Crippen molar-refractivity contribution >= 4 is 11.6 Å². The van der Waals surface area contributed by atoms with Crippen LogP contribution in [0.15, 0.2) is 78.2 Å². The summed E-state index contributed by atoms with van der Waals surface area (Å²) in [4.78, 5) is 16.8. The van der Waals surface area contributed by atoms with Gasteiger partial charge in [-0.3, -0.25) is 0 Å². The Morgan fingerprint density at radius 2 is 1.62 bits per heavy atom. The second-order valence-electron chi connectivity index (χ2n) is 12.2. The molecule has 0 radical (unpaired) electrons. The number of carbonyl (C=O) groups is 1. The van der Waals surface area contributed by atoms with Gasteiger partial charge in [-0.1, -0.05) is 83.2 Å². The Bertz CT molecular complexity index is 1100. The van der Waals surface area contributed by atoms with Crippen LogP contribution in [0.1, 0.15) is 58.6 Å². The van der Waals surface area contributed by atoms with Crippen LogP contribution in [0.2, 0.25) is 0 Å². The molecule has 3 rings (SSSR count). The number of nitrogens with zero attached hydrogens (tertiary/aromatic N) is 2. The number of ether oxygens (including phenoxy) is 1. The van der Waals surface area contributed by atoms with Gasteiger partial charge in [0.2, 0.25) is 5.76 Å². The first-order valence-corrected chi connectivity index (χ1v) is 14.6. The number of fused-ring (bicyclic) bond motifs is 1. The number of hydrogen-bond donors (Lipinski definition) is 1. The van der Waals surface area contributed by atoms with E-state index in [0.29, 0.717) is 11.2 Å². The number of benzene rings is 2. The predicted octanol–water partition coefficient (Wildman–Crippen LogP) is 6.49. The van der Waals surface area contributed by atoms with E-state index in [1.807, 2.05) is 50.5 Å². The van der Waals surface area contributed by atoms with Crippen LogP contribution in [0, 0.1) is 5.41 Å². The first kappa shape index (κ1) is 30.6. The van der Waals surface area contributed by atoms with Gasteiger partial charge in [-0.2, -0.15) is 0 Å². The largest absolute Gasteiger partial charge is 0.479 e. The summed E-state index contributed by atoms with van der Waals surface area (Å²) < 4.78 is 6.76. The molecule has 0 spiro atoms. The third kappa shape index (κ3) is 8.81. The first-order chi connectivity index (χ1) is 18.5. The number of hydrogen-bond acceptors (Lipinski definition) is 4. The number of carbonyl (C=O) groups excluding carboxylic acids is 1. The van der Waals surface area contributed by atoms with E-state index in [4.69, 9.17) is 4.74 Å². The third-order valence-electron chi connectivity index (χ3n) is 7.54. The number of quaternary nitrogens is 1. The molecular formula is C34H50N3O2+. The number of para-hydroxylation sites is 1. The van der Waals surface area contributed by atoms with E-state index in [2.05, 4.69) is 75.2 Å². The summed E-state index contributed by atoms with van der Waals surface area (Å²) in [5.74, 6) is 0.365. The standard InChI is InChI=1S/C34H49N3O2/c1-8-10-20-31(35-22-24-36(9-2)23-21-34(3,4)5)32(33(38)37(6,7)29-18-12-11-13-19-29)39-30-25-27-16-14-15-17-28(27)26-30/h10-20,30H,8-9,21-26H2,1-7H3/p+1/b20-10+. The highest BCUT2D eigenvalue weighted by Gasteiger charge is 2.38. The lowest BCUT2D eigenvalue weighted by molar-refractivity contribution is -0.129. The summed E-state index contributed by atoms with van der Waals surface area (Å²) in [6.07, 6.45) is 7.72. The van der Waals surface area contributed by atoms with E-state index >= 15 is 0 Å². The maximum atomic E-state index is 14.3. The average molecular weight is 533 g/mol. The summed E-state index contributed by atoms with van der Waals surface area (Å²) in [5.41, 5.74) is 4.62. The Hall–Kier alpha value is -2.89. The zero-order chi connectivity index (χ0) is 28.5. The van der Waals surface area contributed by atoms with Gasteiger partial charge in [0, 0.05) is 25.9 Å². The van der Waals surface area contributed by atoms with Crippen molar-refractivity contribution < 1.29 is 9.53 Å². The highest BCUT2D eigenvalue weighted by Crippen LogP contribution is 2.29. The number of rotatable bonds is 13. The van der Waals surface area contributed by atoms with Crippen LogP contribution in [-0.2, 0) is 22.4 Å². The maximum Gasteiger partial charge on any atom is 0.387 e. The summed E-state index contributed by atoms with van der Waals surface area (Å²) >= 11 is 0. The third-order valence-corrected chi connectivity index (χ3v) is 7.54. The molecule has 2 aromatic rings. The molecule has 0 saturated heterocycles. The van der Waals surface area contributed by atoms with Crippen LogP contribution >= 0.6 is 0 Å². The summed E-state index contributed by atoms with van der Waals surface area (Å²) in [5, 5.41) is 3.61. The van der Waals surface area contributed by atoms with Crippen LogP contribution in [0.25, 0.3) is 0 Å². The van der Waals surface area contributed by atoms with Crippen molar-refractivity contribution in [2.45, 2.75) is 66.4 Å². The first-order valence-electron chi connectivity index (χ1n) is 14.6. The van der Waals surface area contributed by atoms with E-state index < -0.39 is 0 Å². The molecular weight excluding hydrogens is 482 g/mol. The lowest BCUT2D eigenvalue weighted by atomic mass is 9.92. The number of amides is 1. The maximum absolute atomic E-state index is 14.3. The van der Waals surface area contributed by atoms with Crippen LogP contribution in [0.4, 0.5) is 5.69 Å². The molecule has 1 N–H and O–H groups in total. The van der Waals surface area contributed by atoms with Gasteiger partial charge in [0.15, 0.2) is 0 Å². The molecule has 0 aromatic heterocycles. The minimum Gasteiger partial charge on any atom is -0.479 e. The molecule has 1 aliphatic rings. The van der Waals surface area contributed by atoms with Gasteiger partial charge in [-0.05, 0) is 60.7 Å². The van der Waals surface area contributed by atoms with Gasteiger partial charge in [-0.25, -0.2) is 9.28 Å². The highest BCUT2D eigenvalue weighted by molar-refractivity contribution is 6.00. The highest BCUT2D eigenvalue weighted by atomic mass is 16.5. The normalized spacial score (nSPS) is 15.0. The van der Waals surface area contributed by atoms with Crippen molar-refractivity contribution in [2.24, 2.45) is 5.41 Å². The van der Waals surface area contributed by atoms with Crippen LogP contribution < -0.4 is 9.80 Å². The number of nitrogens with one attached hydrogen (secondary N) is 1. The average Bonchev–Trinajstić information content (AvgIpc) is 3.33. The van der Waals surface area contributed by atoms with Gasteiger partial charge in [0.1, 0.15) is 11.8 Å². The Labute approximate surface area is 237 Å². The van der Waals surface area contributed by atoms with Gasteiger partial charge in [0.25, 0.3) is 0 Å². The molecule has 0 saturated carbocycles. The van der Waals surface area contributed by atoms with Crippen molar-refractivity contribution in [2.75, 3.05) is 40.3 Å². The van der Waals surface area contributed by atoms with E-state index in [9.17, 15) is 4.79 Å². The topological polar surface area (TPSA) is 41.6 Å². The Morgan fingerprint density at radius 1 is 1.00 bits per heavy atom. The molecule has 2 aromatic carbocycles. The second-order valence-corrected chi connectivity index (χ2v) is 12.2. The molecule has 5 nitrogen and oxygen atoms in total. The van der Waals surface area contributed by atoms with Crippen molar-refractivity contribution in [1.82, 2.24) is 14.7 Å². The van der Waals surface area contributed by atoms with E-state index in [0.717, 1.165) is 63.2 Å². The van der Waals surface area contributed by atoms with Crippen LogP contribution in [-0.4, -0.2) is 57.2 Å². The van der Waals surface area contributed by atoms with Crippen molar-refractivity contribution in [1.29, 1.82) is 0 Å². The van der Waals surface area contributed by atoms with Gasteiger partial charge < -0.3 is 15.0 Å². The Balaban J connectivity index is 1.90. The summed E-state index contributed by atoms with van der Waals surface area (Å²) in [6.45, 7) is 14.9. The summed E-state index contributed by atoms with van der Waals surface area (Å²) in [6, 6.07) is 18.4. The zero-order valence-corrected chi connectivity index (χ0v) is 25.3. The molecule has 0 atom stereocenters. The fourth-order valence-electron chi connectivity index (χ4n) is 4.89. The molecule has 1 aliphatic carbocycles. The predicted molar refractivity (Wildman–Crippen MR) is 164 cm³/mol. The molecule has 212 valence electrons. The lowest BCUT2D eigenvalue weighted by Gasteiger charge is -2.29. The summed E-state index contributed by atoms with van der Waals surface area (Å²) in [7, 11) is 3.88. The Kier molecular flexibility index (Phi) is 11.0. The minimum absolute atomic E-state index is 0.0551. The van der Waals surface area contributed by atoms with Gasteiger partial charge in [0.05, 0.1) is 19.8 Å². The molecule has 5 heteroatoms. The van der Waals surface area contributed by atoms with Crippen LogP contribution in [0.5, 0.6) is 0 Å².